The molecule has 0 spiro atoms. The van der Waals surface area contributed by atoms with Gasteiger partial charge < -0.3 is 5.73 Å². The summed E-state index contributed by atoms with van der Waals surface area (Å²) in [6.45, 7) is 2.20. The van der Waals surface area contributed by atoms with Crippen molar-refractivity contribution in [2.45, 2.75) is 51.5 Å². The van der Waals surface area contributed by atoms with Crippen LogP contribution < -0.4 is 5.73 Å². The Morgan fingerprint density at radius 1 is 1.17 bits per heavy atom. The fourth-order valence-corrected chi connectivity index (χ4v) is 1.98. The highest BCUT2D eigenvalue weighted by Gasteiger charge is 2.08. The third-order valence-electron chi connectivity index (χ3n) is 3.15. The summed E-state index contributed by atoms with van der Waals surface area (Å²) < 4.78 is 0. The van der Waals surface area contributed by atoms with Crippen molar-refractivity contribution >= 4 is 5.69 Å². The molecule has 0 aliphatic carbocycles. The Labute approximate surface area is 108 Å². The van der Waals surface area contributed by atoms with E-state index < -0.39 is 0 Å². The second-order valence-corrected chi connectivity index (χ2v) is 4.66. The predicted octanol–water partition coefficient (Wildman–Crippen LogP) is 3.96. The molecule has 2 N–H and O–H groups in total. The summed E-state index contributed by atoms with van der Waals surface area (Å²) in [6, 6.07) is 6.55. The van der Waals surface area contributed by atoms with Crippen LogP contribution in [0, 0.1) is 10.1 Å². The zero-order valence-corrected chi connectivity index (χ0v) is 11.0. The number of nitrogens with zero attached hydrogens (tertiary/aromatic N) is 1. The molecule has 0 fully saturated rings. The van der Waals surface area contributed by atoms with Crippen LogP contribution >= 0.6 is 0 Å². The molecule has 0 aliphatic rings. The molecule has 4 heteroatoms. The minimum atomic E-state index is -0.389. The van der Waals surface area contributed by atoms with Gasteiger partial charge in [0.2, 0.25) is 0 Å². The number of rotatable bonds is 8. The van der Waals surface area contributed by atoms with Gasteiger partial charge in [-0.25, -0.2) is 0 Å². The number of nitro groups is 1. The second kappa shape index (κ2) is 7.82. The van der Waals surface area contributed by atoms with E-state index in [1.807, 2.05) is 0 Å². The lowest BCUT2D eigenvalue weighted by molar-refractivity contribution is -0.384. The molecule has 1 aromatic carbocycles. The molecule has 0 radical (unpaired) electrons. The van der Waals surface area contributed by atoms with E-state index in [0.29, 0.717) is 0 Å². The highest BCUT2D eigenvalue weighted by molar-refractivity contribution is 5.34. The Hall–Kier alpha value is -1.42. The zero-order chi connectivity index (χ0) is 13.4. The molecule has 18 heavy (non-hydrogen) atoms. The smallest absolute Gasteiger partial charge is 0.269 e. The van der Waals surface area contributed by atoms with Gasteiger partial charge in [-0.05, 0) is 12.0 Å². The van der Waals surface area contributed by atoms with Crippen molar-refractivity contribution in [1.29, 1.82) is 0 Å². The molecule has 4 nitrogen and oxygen atoms in total. The standard InChI is InChI=1S/C14H22N2O2/c1-2-3-4-5-6-7-14(15)12-8-10-13(11-9-12)16(17)18/h8-11,14H,2-7,15H2,1H3. The van der Waals surface area contributed by atoms with E-state index >= 15 is 0 Å². The first-order chi connectivity index (χ1) is 8.65. The molecule has 0 heterocycles. The minimum absolute atomic E-state index is 0.00701. The first kappa shape index (κ1) is 14.6. The summed E-state index contributed by atoms with van der Waals surface area (Å²) in [7, 11) is 0. The van der Waals surface area contributed by atoms with E-state index in [1.165, 1.54) is 37.8 Å². The lowest BCUT2D eigenvalue weighted by Gasteiger charge is -2.11. The van der Waals surface area contributed by atoms with E-state index in [2.05, 4.69) is 6.92 Å². The minimum Gasteiger partial charge on any atom is -0.324 e. The normalized spacial score (nSPS) is 12.3. The van der Waals surface area contributed by atoms with Gasteiger partial charge in [-0.15, -0.1) is 0 Å². The Balaban J connectivity index is 2.37. The molecule has 1 rings (SSSR count). The monoisotopic (exact) mass is 250 g/mol. The first-order valence-electron chi connectivity index (χ1n) is 6.65. The number of nitrogens with two attached hydrogens (primary N) is 1. The van der Waals surface area contributed by atoms with Crippen LogP contribution in [-0.2, 0) is 0 Å². The molecule has 0 saturated carbocycles. The highest BCUT2D eigenvalue weighted by Crippen LogP contribution is 2.20. The van der Waals surface area contributed by atoms with Crippen LogP contribution in [0.25, 0.3) is 0 Å². The maximum absolute atomic E-state index is 10.5. The van der Waals surface area contributed by atoms with Crippen LogP contribution in [0.15, 0.2) is 24.3 Å². The summed E-state index contributed by atoms with van der Waals surface area (Å²) in [4.78, 5) is 10.1. The maximum atomic E-state index is 10.5. The van der Waals surface area contributed by atoms with Gasteiger partial charge in [0.25, 0.3) is 5.69 Å². The Bertz CT molecular complexity index is 363. The average Bonchev–Trinajstić information content (AvgIpc) is 2.38. The second-order valence-electron chi connectivity index (χ2n) is 4.66. The summed E-state index contributed by atoms with van der Waals surface area (Å²) in [6.07, 6.45) is 7.08. The summed E-state index contributed by atoms with van der Waals surface area (Å²) in [5, 5.41) is 10.5. The largest absolute Gasteiger partial charge is 0.324 e. The number of benzene rings is 1. The lowest BCUT2D eigenvalue weighted by atomic mass is 10.0. The van der Waals surface area contributed by atoms with Crippen LogP contribution in [0.3, 0.4) is 0 Å². The molecular formula is C14H22N2O2. The van der Waals surface area contributed by atoms with Gasteiger partial charge in [-0.2, -0.15) is 0 Å². The first-order valence-corrected chi connectivity index (χ1v) is 6.65. The van der Waals surface area contributed by atoms with Crippen molar-refractivity contribution < 1.29 is 4.92 Å². The van der Waals surface area contributed by atoms with Crippen molar-refractivity contribution in [2.75, 3.05) is 0 Å². The summed E-state index contributed by atoms with van der Waals surface area (Å²) in [5.41, 5.74) is 7.17. The number of hydrogen-bond acceptors (Lipinski definition) is 3. The summed E-state index contributed by atoms with van der Waals surface area (Å²) >= 11 is 0. The third kappa shape index (κ3) is 4.84. The van der Waals surface area contributed by atoms with Gasteiger partial charge in [0.1, 0.15) is 0 Å². The van der Waals surface area contributed by atoms with Crippen LogP contribution in [0.2, 0.25) is 0 Å². The topological polar surface area (TPSA) is 69.2 Å². The molecule has 0 aromatic heterocycles. The number of unbranched alkanes of at least 4 members (excludes halogenated alkanes) is 4. The van der Waals surface area contributed by atoms with Crippen molar-refractivity contribution in [2.24, 2.45) is 5.73 Å². The number of hydrogen-bond donors (Lipinski definition) is 1. The van der Waals surface area contributed by atoms with Crippen LogP contribution in [-0.4, -0.2) is 4.92 Å². The van der Waals surface area contributed by atoms with Crippen molar-refractivity contribution in [3.63, 3.8) is 0 Å². The maximum Gasteiger partial charge on any atom is 0.269 e. The SMILES string of the molecule is CCCCCCCC(N)c1ccc([N+](=O)[O-])cc1. The van der Waals surface area contributed by atoms with Gasteiger partial charge in [0.05, 0.1) is 4.92 Å². The number of nitro benzene ring substituents is 1. The van der Waals surface area contributed by atoms with Crippen molar-refractivity contribution in [1.82, 2.24) is 0 Å². The summed E-state index contributed by atoms with van der Waals surface area (Å²) in [5.74, 6) is 0. The number of non-ortho nitro benzene ring substituents is 1. The molecule has 0 saturated heterocycles. The molecule has 1 atom stereocenters. The van der Waals surface area contributed by atoms with Crippen LogP contribution in [0.4, 0.5) is 5.69 Å². The van der Waals surface area contributed by atoms with Crippen LogP contribution in [0.5, 0.6) is 0 Å². The van der Waals surface area contributed by atoms with E-state index in [1.54, 1.807) is 12.1 Å². The molecule has 100 valence electrons. The molecule has 0 aliphatic heterocycles. The average molecular weight is 250 g/mol. The van der Waals surface area contributed by atoms with Gasteiger partial charge in [-0.3, -0.25) is 10.1 Å². The van der Waals surface area contributed by atoms with E-state index in [4.69, 9.17) is 5.73 Å². The van der Waals surface area contributed by atoms with Crippen molar-refractivity contribution in [3.05, 3.63) is 39.9 Å². The van der Waals surface area contributed by atoms with E-state index in [-0.39, 0.29) is 16.7 Å². The van der Waals surface area contributed by atoms with Gasteiger partial charge in [0, 0.05) is 18.2 Å². The quantitative estimate of drug-likeness (QED) is 0.431. The molecule has 0 amide bonds. The fraction of sp³-hybridized carbons (Fsp3) is 0.571. The Morgan fingerprint density at radius 2 is 1.78 bits per heavy atom. The molecule has 1 aromatic rings. The van der Waals surface area contributed by atoms with Crippen LogP contribution in [0.1, 0.15) is 57.1 Å². The molecule has 0 bridgehead atoms. The Kier molecular flexibility index (Phi) is 6.36. The predicted molar refractivity (Wildman–Crippen MR) is 73.4 cm³/mol. The van der Waals surface area contributed by atoms with Gasteiger partial charge >= 0.3 is 0 Å². The molecule has 1 unspecified atom stereocenters. The molecular weight excluding hydrogens is 228 g/mol. The van der Waals surface area contributed by atoms with Gasteiger partial charge in [0.15, 0.2) is 0 Å². The lowest BCUT2D eigenvalue weighted by Crippen LogP contribution is -2.10. The third-order valence-corrected chi connectivity index (χ3v) is 3.15. The van der Waals surface area contributed by atoms with E-state index in [0.717, 1.165) is 18.4 Å². The van der Waals surface area contributed by atoms with E-state index in [9.17, 15) is 10.1 Å². The Morgan fingerprint density at radius 3 is 2.33 bits per heavy atom. The van der Waals surface area contributed by atoms with Gasteiger partial charge in [-0.1, -0.05) is 51.2 Å². The van der Waals surface area contributed by atoms with Crippen molar-refractivity contribution in [3.8, 4) is 0 Å². The fourth-order valence-electron chi connectivity index (χ4n) is 1.98. The highest BCUT2D eigenvalue weighted by atomic mass is 16.6. The zero-order valence-electron chi connectivity index (χ0n) is 11.0.